The SMILES string of the molecule is COc1cc(C=C2CCCN3C2=NOC3(C(=O)O)c2cc(F)c(F)c(F)c2)ccc1-n1cnc(C)c1. The zero-order valence-corrected chi connectivity index (χ0v) is 19.3. The lowest BCUT2D eigenvalue weighted by Crippen LogP contribution is -2.54. The average molecular weight is 498 g/mol. The molecule has 1 saturated heterocycles. The number of amidine groups is 1. The fourth-order valence-electron chi connectivity index (χ4n) is 4.52. The molecule has 186 valence electrons. The lowest BCUT2D eigenvalue weighted by Gasteiger charge is -2.36. The van der Waals surface area contributed by atoms with E-state index >= 15 is 0 Å². The minimum atomic E-state index is -2.33. The number of ether oxygens (including phenoxy) is 1. The van der Waals surface area contributed by atoms with E-state index in [1.807, 2.05) is 42.0 Å². The molecule has 1 fully saturated rings. The van der Waals surface area contributed by atoms with E-state index in [4.69, 9.17) is 9.57 Å². The van der Waals surface area contributed by atoms with Gasteiger partial charge in [0.25, 0.3) is 0 Å². The Balaban J connectivity index is 1.52. The molecule has 0 aliphatic carbocycles. The molecule has 0 radical (unpaired) electrons. The van der Waals surface area contributed by atoms with Gasteiger partial charge >= 0.3 is 11.7 Å². The summed E-state index contributed by atoms with van der Waals surface area (Å²) in [5.74, 6) is -5.44. The van der Waals surface area contributed by atoms with Crippen molar-refractivity contribution in [2.75, 3.05) is 13.7 Å². The van der Waals surface area contributed by atoms with Crippen LogP contribution in [0, 0.1) is 24.4 Å². The van der Waals surface area contributed by atoms with Crippen LogP contribution in [0.2, 0.25) is 0 Å². The second-order valence-electron chi connectivity index (χ2n) is 8.49. The van der Waals surface area contributed by atoms with Crippen LogP contribution in [0.5, 0.6) is 5.75 Å². The van der Waals surface area contributed by atoms with Gasteiger partial charge in [0.1, 0.15) is 5.75 Å². The third-order valence-corrected chi connectivity index (χ3v) is 6.21. The highest BCUT2D eigenvalue weighted by Gasteiger charge is 2.56. The number of oxime groups is 1. The molecule has 5 rings (SSSR count). The maximum atomic E-state index is 14.0. The predicted octanol–water partition coefficient (Wildman–Crippen LogP) is 4.37. The first-order valence-electron chi connectivity index (χ1n) is 11.1. The van der Waals surface area contributed by atoms with E-state index in [0.29, 0.717) is 36.3 Å². The van der Waals surface area contributed by atoms with Crippen molar-refractivity contribution < 1.29 is 32.6 Å². The largest absolute Gasteiger partial charge is 0.495 e. The number of aromatic nitrogens is 2. The molecular weight excluding hydrogens is 477 g/mol. The van der Waals surface area contributed by atoms with Gasteiger partial charge in [-0.1, -0.05) is 11.2 Å². The van der Waals surface area contributed by atoms with Crippen molar-refractivity contribution >= 4 is 17.9 Å². The molecule has 11 heteroatoms. The number of hydrogen-bond acceptors (Lipinski definition) is 6. The van der Waals surface area contributed by atoms with Gasteiger partial charge in [0, 0.05) is 18.3 Å². The number of rotatable bonds is 5. The topological polar surface area (TPSA) is 89.2 Å². The van der Waals surface area contributed by atoms with E-state index in [1.165, 1.54) is 4.90 Å². The molecule has 8 nitrogen and oxygen atoms in total. The third kappa shape index (κ3) is 3.67. The summed E-state index contributed by atoms with van der Waals surface area (Å²) < 4.78 is 48.9. The molecule has 0 spiro atoms. The Labute approximate surface area is 203 Å². The maximum Gasteiger partial charge on any atom is 0.377 e. The van der Waals surface area contributed by atoms with Crippen LogP contribution in [-0.4, -0.2) is 45.0 Å². The number of carbonyl (C=O) groups is 1. The van der Waals surface area contributed by atoms with Crippen molar-refractivity contribution in [3.63, 3.8) is 0 Å². The fraction of sp³-hybridized carbons (Fsp3) is 0.240. The summed E-state index contributed by atoms with van der Waals surface area (Å²) in [6, 6.07) is 6.78. The van der Waals surface area contributed by atoms with Crippen molar-refractivity contribution in [1.82, 2.24) is 14.5 Å². The first-order valence-corrected chi connectivity index (χ1v) is 11.1. The number of aliphatic carboxylic acids is 1. The summed E-state index contributed by atoms with van der Waals surface area (Å²) in [5, 5.41) is 14.1. The summed E-state index contributed by atoms with van der Waals surface area (Å²) in [6.45, 7) is 2.08. The molecular formula is C25H21F3N4O4. The highest BCUT2D eigenvalue weighted by Crippen LogP contribution is 2.41. The molecule has 3 aromatic rings. The van der Waals surface area contributed by atoms with Crippen LogP contribution in [0.25, 0.3) is 11.8 Å². The van der Waals surface area contributed by atoms with Gasteiger partial charge in [-0.3, -0.25) is 0 Å². The zero-order valence-electron chi connectivity index (χ0n) is 19.3. The smallest absolute Gasteiger partial charge is 0.377 e. The second kappa shape index (κ2) is 8.74. The lowest BCUT2D eigenvalue weighted by atomic mass is 9.94. The molecule has 2 aliphatic rings. The number of imidazole rings is 1. The number of halogens is 3. The normalized spacial score (nSPS) is 20.2. The van der Waals surface area contributed by atoms with Crippen LogP contribution in [0.1, 0.15) is 29.7 Å². The first kappa shape index (κ1) is 23.5. The highest BCUT2D eigenvalue weighted by atomic mass is 19.2. The molecule has 1 unspecified atom stereocenters. The number of fused-ring (bicyclic) bond motifs is 1. The molecule has 0 amide bonds. The molecule has 1 atom stereocenters. The van der Waals surface area contributed by atoms with Crippen molar-refractivity contribution in [2.45, 2.75) is 25.5 Å². The van der Waals surface area contributed by atoms with E-state index < -0.39 is 34.7 Å². The summed E-state index contributed by atoms with van der Waals surface area (Å²) in [7, 11) is 1.55. The summed E-state index contributed by atoms with van der Waals surface area (Å²) >= 11 is 0. The van der Waals surface area contributed by atoms with Gasteiger partial charge in [0.05, 0.1) is 24.8 Å². The second-order valence-corrected chi connectivity index (χ2v) is 8.49. The maximum absolute atomic E-state index is 14.0. The Kier molecular flexibility index (Phi) is 5.70. The molecule has 2 aromatic carbocycles. The number of hydrogen-bond donors (Lipinski definition) is 1. The highest BCUT2D eigenvalue weighted by molar-refractivity contribution is 6.05. The van der Waals surface area contributed by atoms with Crippen molar-refractivity contribution in [3.05, 3.63) is 82.7 Å². The number of aryl methyl sites for hydroxylation is 1. The molecule has 0 saturated carbocycles. The Morgan fingerprint density at radius 2 is 1.97 bits per heavy atom. The van der Waals surface area contributed by atoms with Crippen LogP contribution in [-0.2, 0) is 15.4 Å². The Bertz CT molecular complexity index is 1410. The van der Waals surface area contributed by atoms with E-state index in [-0.39, 0.29) is 12.4 Å². The monoisotopic (exact) mass is 498 g/mol. The van der Waals surface area contributed by atoms with Gasteiger partial charge in [0.2, 0.25) is 0 Å². The van der Waals surface area contributed by atoms with Crippen LogP contribution in [0.15, 0.2) is 53.6 Å². The fourth-order valence-corrected chi connectivity index (χ4v) is 4.52. The van der Waals surface area contributed by atoms with Crippen molar-refractivity contribution in [1.29, 1.82) is 0 Å². The number of methoxy groups -OCH3 is 1. The van der Waals surface area contributed by atoms with Gasteiger partial charge in [0.15, 0.2) is 23.3 Å². The van der Waals surface area contributed by atoms with E-state index in [1.54, 1.807) is 13.4 Å². The van der Waals surface area contributed by atoms with Crippen molar-refractivity contribution in [3.8, 4) is 11.4 Å². The third-order valence-electron chi connectivity index (χ3n) is 6.21. The summed E-state index contributed by atoms with van der Waals surface area (Å²) in [6.07, 6.45) is 6.46. The van der Waals surface area contributed by atoms with Gasteiger partial charge in [-0.05, 0) is 61.2 Å². The van der Waals surface area contributed by atoms with Crippen LogP contribution in [0.3, 0.4) is 0 Å². The van der Waals surface area contributed by atoms with Gasteiger partial charge in [-0.15, -0.1) is 0 Å². The zero-order chi connectivity index (χ0) is 25.6. The predicted molar refractivity (Wildman–Crippen MR) is 123 cm³/mol. The summed E-state index contributed by atoms with van der Waals surface area (Å²) in [5.41, 5.74) is 0.336. The molecule has 1 N–H and O–H groups in total. The first-order chi connectivity index (χ1) is 17.2. The number of carboxylic acids is 1. The number of carboxylic acid groups (broad SMARTS) is 1. The van der Waals surface area contributed by atoms with E-state index in [9.17, 15) is 23.1 Å². The van der Waals surface area contributed by atoms with E-state index in [0.717, 1.165) is 16.9 Å². The van der Waals surface area contributed by atoms with Gasteiger partial charge < -0.3 is 24.1 Å². The molecule has 1 aromatic heterocycles. The Hall–Kier alpha value is -4.28. The Morgan fingerprint density at radius 1 is 1.22 bits per heavy atom. The van der Waals surface area contributed by atoms with Gasteiger partial charge in [-0.25, -0.2) is 22.9 Å². The Morgan fingerprint density at radius 3 is 2.61 bits per heavy atom. The summed E-state index contributed by atoms with van der Waals surface area (Å²) in [4.78, 5) is 23.3. The minimum absolute atomic E-state index is 0.200. The molecule has 2 aliphatic heterocycles. The number of benzene rings is 2. The molecule has 0 bridgehead atoms. The number of piperidine rings is 1. The van der Waals surface area contributed by atoms with E-state index in [2.05, 4.69) is 10.1 Å². The lowest BCUT2D eigenvalue weighted by molar-refractivity contribution is -0.183. The van der Waals surface area contributed by atoms with Crippen LogP contribution in [0.4, 0.5) is 13.2 Å². The van der Waals surface area contributed by atoms with Crippen LogP contribution < -0.4 is 4.74 Å². The standard InChI is InChI=1S/C25H21F3N4O4/c1-14-12-31(13-29-14)20-6-5-15(9-21(20)35-2)8-16-4-3-7-32-23(16)30-36-25(32,24(33)34)17-10-18(26)22(28)19(27)11-17/h5-6,8-13H,3-4,7H2,1-2H3,(H,33,34). The van der Waals surface area contributed by atoms with Crippen LogP contribution >= 0.6 is 0 Å². The van der Waals surface area contributed by atoms with Gasteiger partial charge in [-0.2, -0.15) is 0 Å². The quantitative estimate of drug-likeness (QED) is 0.526. The minimum Gasteiger partial charge on any atom is -0.495 e. The molecule has 3 heterocycles. The average Bonchev–Trinajstić information content (AvgIpc) is 3.47. The van der Waals surface area contributed by atoms with Crippen molar-refractivity contribution in [2.24, 2.45) is 5.16 Å². The number of nitrogens with zero attached hydrogens (tertiary/aromatic N) is 4. The molecule has 36 heavy (non-hydrogen) atoms.